The minimum Gasteiger partial charge on any atom is -0.313 e. The molecule has 0 saturated carbocycles. The van der Waals surface area contributed by atoms with Crippen LogP contribution in [-0.4, -0.2) is 12.8 Å². The number of thioether (sulfide) groups is 1. The largest absolute Gasteiger partial charge is 0.313 e. The third-order valence-electron chi connectivity index (χ3n) is 3.30. The van der Waals surface area contributed by atoms with Crippen LogP contribution >= 0.6 is 11.8 Å². The van der Waals surface area contributed by atoms with Gasteiger partial charge in [-0.3, -0.25) is 0 Å². The van der Waals surface area contributed by atoms with Crippen molar-refractivity contribution in [3.05, 3.63) is 65.5 Å². The lowest BCUT2D eigenvalue weighted by Crippen LogP contribution is -2.18. The molecule has 0 radical (unpaired) electrons. The molecular formula is C17H20FNS. The van der Waals surface area contributed by atoms with Crippen molar-refractivity contribution in [1.82, 2.24) is 5.32 Å². The van der Waals surface area contributed by atoms with Crippen LogP contribution in [0.3, 0.4) is 0 Å². The molecule has 0 aliphatic carbocycles. The van der Waals surface area contributed by atoms with Crippen molar-refractivity contribution in [1.29, 1.82) is 0 Å². The van der Waals surface area contributed by atoms with Crippen molar-refractivity contribution in [2.24, 2.45) is 0 Å². The molecule has 0 heterocycles. The molecule has 0 saturated heterocycles. The number of rotatable bonds is 6. The molecule has 20 heavy (non-hydrogen) atoms. The Morgan fingerprint density at radius 3 is 2.25 bits per heavy atom. The Labute approximate surface area is 124 Å². The molecule has 1 atom stereocenters. The summed E-state index contributed by atoms with van der Waals surface area (Å²) in [5.74, 6) is 0.903. The molecule has 106 valence electrons. The van der Waals surface area contributed by atoms with Crippen LogP contribution in [0.2, 0.25) is 0 Å². The van der Waals surface area contributed by atoms with Gasteiger partial charge in [0.25, 0.3) is 0 Å². The van der Waals surface area contributed by atoms with E-state index in [4.69, 9.17) is 0 Å². The summed E-state index contributed by atoms with van der Waals surface area (Å²) >= 11 is 1.85. The summed E-state index contributed by atoms with van der Waals surface area (Å²) in [5, 5.41) is 3.33. The number of hydrogen-bond donors (Lipinski definition) is 1. The van der Waals surface area contributed by atoms with Gasteiger partial charge in [0.2, 0.25) is 0 Å². The molecule has 0 spiro atoms. The summed E-state index contributed by atoms with van der Waals surface area (Å²) in [5.41, 5.74) is 2.40. The molecule has 0 fully saturated rings. The lowest BCUT2D eigenvalue weighted by Gasteiger charge is -2.17. The summed E-state index contributed by atoms with van der Waals surface area (Å²) < 4.78 is 12.9. The highest BCUT2D eigenvalue weighted by molar-refractivity contribution is 7.99. The quantitative estimate of drug-likeness (QED) is 0.789. The summed E-state index contributed by atoms with van der Waals surface area (Å²) in [4.78, 5) is 1.30. The van der Waals surface area contributed by atoms with Crippen molar-refractivity contribution >= 4 is 11.8 Å². The van der Waals surface area contributed by atoms with E-state index in [1.807, 2.05) is 30.9 Å². The molecule has 0 aromatic heterocycles. The maximum atomic E-state index is 12.9. The van der Waals surface area contributed by atoms with Gasteiger partial charge in [-0.2, -0.15) is 0 Å². The van der Waals surface area contributed by atoms with Crippen LogP contribution in [0.4, 0.5) is 4.39 Å². The predicted octanol–water partition coefficient (Wildman–Crippen LogP) is 4.44. The van der Waals surface area contributed by atoms with E-state index in [0.717, 1.165) is 17.7 Å². The van der Waals surface area contributed by atoms with Crippen molar-refractivity contribution in [2.75, 3.05) is 12.8 Å². The van der Waals surface area contributed by atoms with E-state index in [1.165, 1.54) is 22.6 Å². The van der Waals surface area contributed by atoms with Crippen LogP contribution < -0.4 is 5.32 Å². The number of hydrogen-bond acceptors (Lipinski definition) is 2. The Morgan fingerprint density at radius 2 is 1.70 bits per heavy atom. The average Bonchev–Trinajstić information content (AvgIpc) is 2.48. The fourth-order valence-electron chi connectivity index (χ4n) is 2.21. The molecule has 1 unspecified atom stereocenters. The smallest absolute Gasteiger partial charge is 0.123 e. The van der Waals surface area contributed by atoms with Gasteiger partial charge < -0.3 is 5.32 Å². The Balaban J connectivity index is 2.09. The third-order valence-corrected chi connectivity index (χ3v) is 4.19. The van der Waals surface area contributed by atoms with Gasteiger partial charge in [-0.1, -0.05) is 31.2 Å². The van der Waals surface area contributed by atoms with Crippen LogP contribution in [0, 0.1) is 5.82 Å². The molecule has 1 N–H and O–H groups in total. The molecule has 0 aliphatic rings. The molecule has 0 aliphatic heterocycles. The van der Waals surface area contributed by atoms with E-state index in [9.17, 15) is 4.39 Å². The van der Waals surface area contributed by atoms with Gasteiger partial charge in [-0.05, 0) is 54.6 Å². The molecule has 2 aromatic rings. The number of benzene rings is 2. The fraction of sp³-hybridized carbons (Fsp3) is 0.294. The second-order valence-corrected chi connectivity index (χ2v) is 6.01. The lowest BCUT2D eigenvalue weighted by molar-refractivity contribution is 0.588. The van der Waals surface area contributed by atoms with Gasteiger partial charge in [-0.15, -0.1) is 11.8 Å². The third kappa shape index (κ3) is 4.09. The molecule has 1 nitrogen and oxygen atoms in total. The maximum Gasteiger partial charge on any atom is 0.123 e. The average molecular weight is 289 g/mol. The topological polar surface area (TPSA) is 12.0 Å². The van der Waals surface area contributed by atoms with Gasteiger partial charge >= 0.3 is 0 Å². The maximum absolute atomic E-state index is 12.9. The predicted molar refractivity (Wildman–Crippen MR) is 84.7 cm³/mol. The van der Waals surface area contributed by atoms with Gasteiger partial charge in [0.15, 0.2) is 0 Å². The Hall–Kier alpha value is -1.32. The Kier molecular flexibility index (Phi) is 5.62. The number of likely N-dealkylation sites (N-methyl/N-ethyl adjacent to an activating group) is 1. The van der Waals surface area contributed by atoms with Gasteiger partial charge in [0.05, 0.1) is 0 Å². The first-order valence-corrected chi connectivity index (χ1v) is 7.86. The second kappa shape index (κ2) is 7.46. The molecule has 2 rings (SSSR count). The van der Waals surface area contributed by atoms with Crippen molar-refractivity contribution < 1.29 is 4.39 Å². The molecule has 0 bridgehead atoms. The van der Waals surface area contributed by atoms with Crippen LogP contribution in [0.15, 0.2) is 53.4 Å². The normalized spacial score (nSPS) is 12.3. The summed E-state index contributed by atoms with van der Waals surface area (Å²) in [6.07, 6.45) is 0.858. The van der Waals surface area contributed by atoms with Crippen LogP contribution in [0.5, 0.6) is 0 Å². The molecule has 0 amide bonds. The van der Waals surface area contributed by atoms with Gasteiger partial charge in [0, 0.05) is 10.9 Å². The first-order chi connectivity index (χ1) is 9.72. The van der Waals surface area contributed by atoms with Crippen molar-refractivity contribution in [2.45, 2.75) is 24.3 Å². The SMILES string of the molecule is CCSc1ccc(C(Cc2ccc(F)cc2)NC)cc1. The standard InChI is InChI=1S/C17H20FNS/c1-3-20-16-10-6-14(7-11-16)17(19-2)12-13-4-8-15(18)9-5-13/h4-11,17,19H,3,12H2,1-2H3. The first kappa shape index (κ1) is 15.1. The molecule has 3 heteroatoms. The first-order valence-electron chi connectivity index (χ1n) is 6.87. The fourth-order valence-corrected chi connectivity index (χ4v) is 2.87. The monoisotopic (exact) mass is 289 g/mol. The highest BCUT2D eigenvalue weighted by Crippen LogP contribution is 2.23. The summed E-state index contributed by atoms with van der Waals surface area (Å²) in [6, 6.07) is 15.7. The lowest BCUT2D eigenvalue weighted by atomic mass is 9.99. The van der Waals surface area contributed by atoms with E-state index in [2.05, 4.69) is 36.5 Å². The van der Waals surface area contributed by atoms with E-state index in [1.54, 1.807) is 0 Å². The second-order valence-electron chi connectivity index (χ2n) is 4.67. The Bertz CT molecular complexity index is 522. The van der Waals surface area contributed by atoms with Crippen molar-refractivity contribution in [3.63, 3.8) is 0 Å². The zero-order valence-corrected chi connectivity index (χ0v) is 12.7. The van der Waals surface area contributed by atoms with E-state index in [0.29, 0.717) is 0 Å². The van der Waals surface area contributed by atoms with E-state index >= 15 is 0 Å². The summed E-state index contributed by atoms with van der Waals surface area (Å²) in [6.45, 7) is 2.16. The van der Waals surface area contributed by atoms with Gasteiger partial charge in [0.1, 0.15) is 5.82 Å². The summed E-state index contributed by atoms with van der Waals surface area (Å²) in [7, 11) is 1.96. The molecule has 2 aromatic carbocycles. The highest BCUT2D eigenvalue weighted by Gasteiger charge is 2.10. The number of halogens is 1. The minimum atomic E-state index is -0.185. The zero-order valence-electron chi connectivity index (χ0n) is 11.9. The van der Waals surface area contributed by atoms with Crippen LogP contribution in [0.1, 0.15) is 24.1 Å². The van der Waals surface area contributed by atoms with E-state index < -0.39 is 0 Å². The van der Waals surface area contributed by atoms with Crippen LogP contribution in [0.25, 0.3) is 0 Å². The Morgan fingerprint density at radius 1 is 1.05 bits per heavy atom. The van der Waals surface area contributed by atoms with Crippen molar-refractivity contribution in [3.8, 4) is 0 Å². The van der Waals surface area contributed by atoms with Gasteiger partial charge in [-0.25, -0.2) is 4.39 Å². The highest BCUT2D eigenvalue weighted by atomic mass is 32.2. The molecular weight excluding hydrogens is 269 g/mol. The number of nitrogens with one attached hydrogen (secondary N) is 1. The van der Waals surface area contributed by atoms with Crippen LogP contribution in [-0.2, 0) is 6.42 Å². The zero-order chi connectivity index (χ0) is 14.4. The van der Waals surface area contributed by atoms with E-state index in [-0.39, 0.29) is 11.9 Å². The minimum absolute atomic E-state index is 0.185.